The van der Waals surface area contributed by atoms with Gasteiger partial charge < -0.3 is 10.6 Å². The van der Waals surface area contributed by atoms with E-state index < -0.39 is 5.25 Å². The predicted octanol–water partition coefficient (Wildman–Crippen LogP) is 4.03. The maximum Gasteiger partial charge on any atom is 0.240 e. The second-order valence-corrected chi connectivity index (χ2v) is 9.36. The van der Waals surface area contributed by atoms with Gasteiger partial charge in [-0.1, -0.05) is 49.4 Å². The highest BCUT2D eigenvalue weighted by Crippen LogP contribution is 2.34. The van der Waals surface area contributed by atoms with Gasteiger partial charge in [-0.15, -0.1) is 5.10 Å². The molecule has 0 aromatic heterocycles. The van der Waals surface area contributed by atoms with Gasteiger partial charge in [0.25, 0.3) is 0 Å². The smallest absolute Gasteiger partial charge is 0.240 e. The molecule has 1 aromatic carbocycles. The number of amidine groups is 1. The van der Waals surface area contributed by atoms with Crippen LogP contribution in [0, 0.1) is 12.3 Å². The van der Waals surface area contributed by atoms with Crippen LogP contribution in [0.4, 0.5) is 5.69 Å². The van der Waals surface area contributed by atoms with Crippen molar-refractivity contribution < 1.29 is 9.59 Å². The Kier molecular flexibility index (Phi) is 6.03. The Bertz CT molecular complexity index is 886. The molecule has 148 valence electrons. The standard InChI is InChI=1S/C21H26N4O2S/c1-13-9-15(12-21(3,4)11-13)24-25-20-23-19(27)17(28-20)10-18(26)22-16-8-6-5-7-14(16)2/h5-9,17H,10-12H2,1-4H3,(H,22,26)(H,23,25,27)/b24-15-/t17-/m1/s1. The second-order valence-electron chi connectivity index (χ2n) is 8.17. The molecule has 1 aromatic rings. The number of carbonyl (C=O) groups excluding carboxylic acids is 2. The SMILES string of the molecule is CC1=C/C(=N/N=C2\NC(=O)[C@@H](CC(=O)Nc3ccccc3C)S2)CC(C)(C)C1. The van der Waals surface area contributed by atoms with Gasteiger partial charge in [0.05, 0.1) is 5.71 Å². The molecule has 6 nitrogen and oxygen atoms in total. The summed E-state index contributed by atoms with van der Waals surface area (Å²) in [4.78, 5) is 24.5. The summed E-state index contributed by atoms with van der Waals surface area (Å²) in [5.74, 6) is -0.401. The lowest BCUT2D eigenvalue weighted by Gasteiger charge is -2.28. The molecule has 28 heavy (non-hydrogen) atoms. The summed E-state index contributed by atoms with van der Waals surface area (Å²) in [7, 11) is 0. The van der Waals surface area contributed by atoms with Crippen molar-refractivity contribution in [2.24, 2.45) is 15.6 Å². The Hall–Kier alpha value is -2.41. The van der Waals surface area contributed by atoms with E-state index in [1.165, 1.54) is 17.3 Å². The summed E-state index contributed by atoms with van der Waals surface area (Å²) in [6.07, 6.45) is 4.05. The first-order valence-electron chi connectivity index (χ1n) is 9.36. The van der Waals surface area contributed by atoms with Crippen LogP contribution in [0.15, 0.2) is 46.1 Å². The number of nitrogens with zero attached hydrogens (tertiary/aromatic N) is 2. The number of benzene rings is 1. The Balaban J connectivity index is 1.61. The summed E-state index contributed by atoms with van der Waals surface area (Å²) in [5, 5.41) is 14.1. The molecule has 1 fully saturated rings. The lowest BCUT2D eigenvalue weighted by atomic mass is 9.77. The molecule has 0 bridgehead atoms. The molecule has 3 rings (SSSR count). The molecule has 2 aliphatic rings. The van der Waals surface area contributed by atoms with E-state index in [4.69, 9.17) is 0 Å². The Labute approximate surface area is 170 Å². The largest absolute Gasteiger partial charge is 0.326 e. The number of thioether (sulfide) groups is 1. The minimum atomic E-state index is -0.497. The van der Waals surface area contributed by atoms with Gasteiger partial charge in [-0.25, -0.2) is 0 Å². The fourth-order valence-electron chi connectivity index (χ4n) is 3.54. The fourth-order valence-corrected chi connectivity index (χ4v) is 4.45. The first-order chi connectivity index (χ1) is 13.2. The monoisotopic (exact) mass is 398 g/mol. The fraction of sp³-hybridized carbons (Fsp3) is 0.429. The topological polar surface area (TPSA) is 82.9 Å². The number of aryl methyl sites for hydroxylation is 1. The predicted molar refractivity (Wildman–Crippen MR) is 116 cm³/mol. The van der Waals surface area contributed by atoms with E-state index in [0.29, 0.717) is 5.17 Å². The molecule has 2 N–H and O–H groups in total. The molecule has 2 amide bonds. The molecule has 0 saturated carbocycles. The average molecular weight is 399 g/mol. The van der Waals surface area contributed by atoms with Crippen LogP contribution in [-0.4, -0.2) is 27.9 Å². The number of allylic oxidation sites excluding steroid dienone is 2. The zero-order valence-electron chi connectivity index (χ0n) is 16.7. The molecule has 7 heteroatoms. The average Bonchev–Trinajstić information content (AvgIpc) is 2.93. The number of para-hydroxylation sites is 1. The number of amides is 2. The van der Waals surface area contributed by atoms with E-state index in [1.54, 1.807) is 0 Å². The molecular weight excluding hydrogens is 372 g/mol. The molecule has 0 radical (unpaired) electrons. The summed E-state index contributed by atoms with van der Waals surface area (Å²) in [6, 6.07) is 7.56. The van der Waals surface area contributed by atoms with Gasteiger partial charge in [0.15, 0.2) is 5.17 Å². The number of anilines is 1. The third-order valence-corrected chi connectivity index (χ3v) is 5.74. The third kappa shape index (κ3) is 5.32. The van der Waals surface area contributed by atoms with Crippen LogP contribution in [-0.2, 0) is 9.59 Å². The lowest BCUT2D eigenvalue weighted by Crippen LogP contribution is -2.28. The van der Waals surface area contributed by atoms with Crippen molar-refractivity contribution in [3.8, 4) is 0 Å². The van der Waals surface area contributed by atoms with Gasteiger partial charge in [-0.3, -0.25) is 9.59 Å². The van der Waals surface area contributed by atoms with E-state index in [9.17, 15) is 9.59 Å². The molecular formula is C21H26N4O2S. The number of nitrogens with one attached hydrogen (secondary N) is 2. The second kappa shape index (κ2) is 8.31. The van der Waals surface area contributed by atoms with Crippen LogP contribution in [0.2, 0.25) is 0 Å². The minimum absolute atomic E-state index is 0.0897. The number of rotatable bonds is 4. The van der Waals surface area contributed by atoms with Gasteiger partial charge in [-0.2, -0.15) is 5.10 Å². The van der Waals surface area contributed by atoms with Crippen molar-refractivity contribution in [2.75, 3.05) is 5.32 Å². The zero-order chi connectivity index (χ0) is 20.3. The number of hydrogen-bond donors (Lipinski definition) is 2. The van der Waals surface area contributed by atoms with Crippen LogP contribution >= 0.6 is 11.8 Å². The summed E-state index contributed by atoms with van der Waals surface area (Å²) in [5.41, 5.74) is 4.11. The molecule has 1 atom stereocenters. The van der Waals surface area contributed by atoms with Crippen molar-refractivity contribution >= 4 is 40.1 Å². The van der Waals surface area contributed by atoms with Gasteiger partial charge in [0.1, 0.15) is 5.25 Å². The normalized spacial score (nSPS) is 24.2. The molecule has 0 spiro atoms. The molecule has 1 aliphatic carbocycles. The van der Waals surface area contributed by atoms with Crippen LogP contribution in [0.25, 0.3) is 0 Å². The number of hydrogen-bond acceptors (Lipinski definition) is 5. The van der Waals surface area contributed by atoms with E-state index in [2.05, 4.69) is 47.7 Å². The molecule has 0 unspecified atom stereocenters. The van der Waals surface area contributed by atoms with Crippen molar-refractivity contribution in [1.82, 2.24) is 5.32 Å². The summed E-state index contributed by atoms with van der Waals surface area (Å²) in [6.45, 7) is 8.45. The Morgan fingerprint density at radius 2 is 2.00 bits per heavy atom. The highest BCUT2D eigenvalue weighted by Gasteiger charge is 2.32. The van der Waals surface area contributed by atoms with Crippen molar-refractivity contribution in [1.29, 1.82) is 0 Å². The van der Waals surface area contributed by atoms with Crippen LogP contribution < -0.4 is 10.6 Å². The summed E-state index contributed by atoms with van der Waals surface area (Å²) >= 11 is 1.25. The van der Waals surface area contributed by atoms with Crippen molar-refractivity contribution in [2.45, 2.75) is 52.2 Å². The zero-order valence-corrected chi connectivity index (χ0v) is 17.5. The van der Waals surface area contributed by atoms with Crippen LogP contribution in [0.5, 0.6) is 0 Å². The molecule has 1 heterocycles. The van der Waals surface area contributed by atoms with E-state index in [0.717, 1.165) is 29.8 Å². The Morgan fingerprint density at radius 3 is 2.71 bits per heavy atom. The van der Waals surface area contributed by atoms with E-state index >= 15 is 0 Å². The minimum Gasteiger partial charge on any atom is -0.326 e. The van der Waals surface area contributed by atoms with Gasteiger partial charge in [0, 0.05) is 12.1 Å². The van der Waals surface area contributed by atoms with E-state index in [-0.39, 0.29) is 23.7 Å². The molecule has 1 aliphatic heterocycles. The lowest BCUT2D eigenvalue weighted by molar-refractivity contribution is -0.122. The van der Waals surface area contributed by atoms with Crippen molar-refractivity contribution in [3.63, 3.8) is 0 Å². The van der Waals surface area contributed by atoms with Crippen LogP contribution in [0.1, 0.15) is 45.6 Å². The first kappa shape index (κ1) is 20.3. The Morgan fingerprint density at radius 1 is 1.25 bits per heavy atom. The van der Waals surface area contributed by atoms with Gasteiger partial charge >= 0.3 is 0 Å². The van der Waals surface area contributed by atoms with Crippen LogP contribution in [0.3, 0.4) is 0 Å². The highest BCUT2D eigenvalue weighted by molar-refractivity contribution is 8.15. The highest BCUT2D eigenvalue weighted by atomic mass is 32.2. The van der Waals surface area contributed by atoms with Gasteiger partial charge in [0.2, 0.25) is 11.8 Å². The van der Waals surface area contributed by atoms with Crippen molar-refractivity contribution in [3.05, 3.63) is 41.5 Å². The molecule has 1 saturated heterocycles. The summed E-state index contributed by atoms with van der Waals surface area (Å²) < 4.78 is 0. The maximum atomic E-state index is 12.3. The quantitative estimate of drug-likeness (QED) is 0.751. The van der Waals surface area contributed by atoms with Gasteiger partial charge in [-0.05, 0) is 49.8 Å². The van der Waals surface area contributed by atoms with E-state index in [1.807, 2.05) is 31.2 Å². The number of carbonyl (C=O) groups is 2. The third-order valence-electron chi connectivity index (χ3n) is 4.67. The maximum absolute atomic E-state index is 12.3. The first-order valence-corrected chi connectivity index (χ1v) is 10.2.